The number of carbonyl (C=O) groups excluding carboxylic acids is 2. The van der Waals surface area contributed by atoms with Crippen LogP contribution in [0, 0.1) is 20.8 Å². The highest BCUT2D eigenvalue weighted by molar-refractivity contribution is 6.12. The number of benzene rings is 1. The van der Waals surface area contributed by atoms with Crippen LogP contribution in [0.5, 0.6) is 0 Å². The van der Waals surface area contributed by atoms with Crippen molar-refractivity contribution in [2.45, 2.75) is 20.8 Å². The molecule has 5 nitrogen and oxygen atoms in total. The van der Waals surface area contributed by atoms with Crippen LogP contribution >= 0.6 is 0 Å². The first-order valence-corrected chi connectivity index (χ1v) is 6.12. The fourth-order valence-corrected chi connectivity index (χ4v) is 2.29. The molecule has 5 heteroatoms. The molecule has 2 rings (SSSR count). The highest BCUT2D eigenvalue weighted by Gasteiger charge is 2.29. The molecule has 0 saturated heterocycles. The minimum atomic E-state index is -0.696. The van der Waals surface area contributed by atoms with Crippen LogP contribution in [0.4, 0.5) is 0 Å². The Hall–Kier alpha value is -2.30. The lowest BCUT2D eigenvalue weighted by atomic mass is 9.99. The molecular formula is C15H16O5. The van der Waals surface area contributed by atoms with Gasteiger partial charge < -0.3 is 13.9 Å². The second-order valence-corrected chi connectivity index (χ2v) is 4.63. The Balaban J connectivity index is 2.94. The van der Waals surface area contributed by atoms with Crippen LogP contribution in [0.2, 0.25) is 0 Å². The van der Waals surface area contributed by atoms with E-state index in [1.54, 1.807) is 0 Å². The Morgan fingerprint density at radius 1 is 1.00 bits per heavy atom. The van der Waals surface area contributed by atoms with Crippen LogP contribution in [0.25, 0.3) is 11.0 Å². The first kappa shape index (κ1) is 14.1. The van der Waals surface area contributed by atoms with E-state index in [4.69, 9.17) is 9.15 Å². The zero-order chi connectivity index (χ0) is 15.0. The summed E-state index contributed by atoms with van der Waals surface area (Å²) in [5.41, 5.74) is 3.39. The summed E-state index contributed by atoms with van der Waals surface area (Å²) in [6.07, 6.45) is 0. The summed E-state index contributed by atoms with van der Waals surface area (Å²) in [5, 5.41) is 0.598. The van der Waals surface area contributed by atoms with Crippen molar-refractivity contribution in [3.05, 3.63) is 34.1 Å². The van der Waals surface area contributed by atoms with Crippen molar-refractivity contribution >= 4 is 22.9 Å². The molecule has 0 atom stereocenters. The van der Waals surface area contributed by atoms with Gasteiger partial charge in [-0.05, 0) is 37.5 Å². The van der Waals surface area contributed by atoms with Crippen molar-refractivity contribution in [1.82, 2.24) is 0 Å². The number of aryl methyl sites for hydroxylation is 3. The molecule has 1 heterocycles. The normalized spacial score (nSPS) is 10.7. The van der Waals surface area contributed by atoms with Crippen molar-refractivity contribution < 1.29 is 23.5 Å². The molecule has 0 N–H and O–H groups in total. The van der Waals surface area contributed by atoms with Gasteiger partial charge in [0.25, 0.3) is 0 Å². The highest BCUT2D eigenvalue weighted by atomic mass is 16.5. The van der Waals surface area contributed by atoms with E-state index in [2.05, 4.69) is 4.74 Å². The van der Waals surface area contributed by atoms with Gasteiger partial charge in [-0.3, -0.25) is 0 Å². The zero-order valence-corrected chi connectivity index (χ0v) is 12.1. The fraction of sp³-hybridized carbons (Fsp3) is 0.333. The number of rotatable bonds is 2. The van der Waals surface area contributed by atoms with Crippen LogP contribution in [0.15, 0.2) is 10.5 Å². The largest absolute Gasteiger partial charge is 0.465 e. The summed E-state index contributed by atoms with van der Waals surface area (Å²) in [4.78, 5) is 23.8. The first-order chi connectivity index (χ1) is 9.42. The standard InChI is InChI=1S/C15H16O5/c1-7-6-8(2)10-11(14(16)18-4)13(15(17)19-5)20-12(10)9(7)3/h6H,1-5H3. The van der Waals surface area contributed by atoms with Crippen molar-refractivity contribution in [2.24, 2.45) is 0 Å². The summed E-state index contributed by atoms with van der Waals surface area (Å²) >= 11 is 0. The topological polar surface area (TPSA) is 65.7 Å². The minimum Gasteiger partial charge on any atom is -0.465 e. The lowest BCUT2D eigenvalue weighted by Gasteiger charge is -2.04. The van der Waals surface area contributed by atoms with Gasteiger partial charge in [0.2, 0.25) is 5.76 Å². The molecule has 1 aromatic heterocycles. The Bertz CT molecular complexity index is 709. The smallest absolute Gasteiger partial charge is 0.374 e. The third-order valence-corrected chi connectivity index (χ3v) is 3.43. The van der Waals surface area contributed by atoms with Gasteiger partial charge in [-0.25, -0.2) is 9.59 Å². The van der Waals surface area contributed by atoms with Crippen molar-refractivity contribution in [3.63, 3.8) is 0 Å². The number of fused-ring (bicyclic) bond motifs is 1. The number of esters is 2. The van der Waals surface area contributed by atoms with Crippen molar-refractivity contribution in [3.8, 4) is 0 Å². The molecule has 0 aliphatic carbocycles. The van der Waals surface area contributed by atoms with Crippen LogP contribution in [-0.2, 0) is 9.47 Å². The zero-order valence-electron chi connectivity index (χ0n) is 12.1. The molecule has 0 saturated carbocycles. The Morgan fingerprint density at radius 2 is 1.60 bits per heavy atom. The summed E-state index contributed by atoms with van der Waals surface area (Å²) in [7, 11) is 2.50. The van der Waals surface area contributed by atoms with Gasteiger partial charge in [0.1, 0.15) is 11.1 Å². The van der Waals surface area contributed by atoms with E-state index in [9.17, 15) is 9.59 Å². The van der Waals surface area contributed by atoms with E-state index in [0.717, 1.165) is 16.7 Å². The fourth-order valence-electron chi connectivity index (χ4n) is 2.29. The summed E-state index contributed by atoms with van der Waals surface area (Å²) in [6, 6.07) is 1.95. The third-order valence-electron chi connectivity index (χ3n) is 3.43. The Labute approximate surface area is 116 Å². The molecule has 0 radical (unpaired) electrons. The van der Waals surface area contributed by atoms with Crippen LogP contribution in [0.3, 0.4) is 0 Å². The highest BCUT2D eigenvalue weighted by Crippen LogP contribution is 2.33. The lowest BCUT2D eigenvalue weighted by Crippen LogP contribution is -2.09. The number of methoxy groups -OCH3 is 2. The third kappa shape index (κ3) is 1.95. The second-order valence-electron chi connectivity index (χ2n) is 4.63. The number of ether oxygens (including phenoxy) is 2. The molecule has 0 bridgehead atoms. The van der Waals surface area contributed by atoms with Crippen molar-refractivity contribution in [2.75, 3.05) is 14.2 Å². The molecule has 0 aliphatic rings. The van der Waals surface area contributed by atoms with Crippen LogP contribution in [0.1, 0.15) is 37.6 Å². The van der Waals surface area contributed by atoms with E-state index in [1.807, 2.05) is 26.8 Å². The lowest BCUT2D eigenvalue weighted by molar-refractivity contribution is 0.0531. The Morgan fingerprint density at radius 3 is 2.15 bits per heavy atom. The minimum absolute atomic E-state index is 0.119. The van der Waals surface area contributed by atoms with E-state index in [1.165, 1.54) is 14.2 Å². The van der Waals surface area contributed by atoms with E-state index < -0.39 is 11.9 Å². The predicted molar refractivity (Wildman–Crippen MR) is 73.1 cm³/mol. The number of furan rings is 1. The first-order valence-electron chi connectivity index (χ1n) is 6.12. The predicted octanol–water partition coefficient (Wildman–Crippen LogP) is 2.93. The number of hydrogen-bond donors (Lipinski definition) is 0. The van der Waals surface area contributed by atoms with Gasteiger partial charge in [0.15, 0.2) is 0 Å². The van der Waals surface area contributed by atoms with Crippen molar-refractivity contribution in [1.29, 1.82) is 0 Å². The maximum atomic E-state index is 12.0. The molecule has 0 unspecified atom stereocenters. The molecule has 0 aliphatic heterocycles. The molecule has 0 spiro atoms. The molecule has 2 aromatic rings. The summed E-state index contributed by atoms with van der Waals surface area (Å²) < 4.78 is 15.0. The molecule has 20 heavy (non-hydrogen) atoms. The average Bonchev–Trinajstić information content (AvgIpc) is 2.84. The van der Waals surface area contributed by atoms with E-state index in [-0.39, 0.29) is 11.3 Å². The SMILES string of the molecule is COC(=O)c1oc2c(C)c(C)cc(C)c2c1C(=O)OC. The van der Waals surface area contributed by atoms with Gasteiger partial charge >= 0.3 is 11.9 Å². The van der Waals surface area contributed by atoms with E-state index in [0.29, 0.717) is 11.0 Å². The molecule has 1 aromatic carbocycles. The molecule has 106 valence electrons. The van der Waals surface area contributed by atoms with E-state index >= 15 is 0 Å². The van der Waals surface area contributed by atoms with Crippen LogP contribution in [-0.4, -0.2) is 26.2 Å². The maximum absolute atomic E-state index is 12.0. The maximum Gasteiger partial charge on any atom is 0.374 e. The number of hydrogen-bond acceptors (Lipinski definition) is 5. The van der Waals surface area contributed by atoms with Gasteiger partial charge in [-0.2, -0.15) is 0 Å². The monoisotopic (exact) mass is 276 g/mol. The Kier molecular flexibility index (Phi) is 3.53. The molecular weight excluding hydrogens is 260 g/mol. The molecule has 0 amide bonds. The van der Waals surface area contributed by atoms with Gasteiger partial charge in [0, 0.05) is 5.39 Å². The van der Waals surface area contributed by atoms with Gasteiger partial charge in [0.05, 0.1) is 14.2 Å². The average molecular weight is 276 g/mol. The van der Waals surface area contributed by atoms with Crippen LogP contribution < -0.4 is 0 Å². The second kappa shape index (κ2) is 5.00. The van der Waals surface area contributed by atoms with Gasteiger partial charge in [-0.15, -0.1) is 0 Å². The summed E-state index contributed by atoms with van der Waals surface area (Å²) in [6.45, 7) is 5.68. The van der Waals surface area contributed by atoms with Gasteiger partial charge in [-0.1, -0.05) is 6.07 Å². The summed E-state index contributed by atoms with van der Waals surface area (Å²) in [5.74, 6) is -1.43. The molecule has 0 fully saturated rings. The number of carbonyl (C=O) groups is 2. The quantitative estimate of drug-likeness (QED) is 0.789.